The molecule has 7 nitrogen and oxygen atoms in total. The van der Waals surface area contributed by atoms with Crippen LogP contribution >= 0.6 is 0 Å². The Hall–Kier alpha value is -4.13. The van der Waals surface area contributed by atoms with Gasteiger partial charge in [0.05, 0.1) is 0 Å². The van der Waals surface area contributed by atoms with Crippen molar-refractivity contribution in [3.63, 3.8) is 0 Å². The van der Waals surface area contributed by atoms with Crippen molar-refractivity contribution in [2.45, 2.75) is 27.3 Å². The summed E-state index contributed by atoms with van der Waals surface area (Å²) in [5, 5.41) is 5.60. The summed E-state index contributed by atoms with van der Waals surface area (Å²) < 4.78 is 10.5. The van der Waals surface area contributed by atoms with E-state index in [0.29, 0.717) is 29.3 Å². The van der Waals surface area contributed by atoms with Gasteiger partial charge in [0.1, 0.15) is 11.5 Å². The highest BCUT2D eigenvalue weighted by Crippen LogP contribution is 2.17. The molecule has 170 valence electrons. The zero-order valence-electron chi connectivity index (χ0n) is 18.8. The highest BCUT2D eigenvalue weighted by atomic mass is 16.5. The molecule has 0 saturated heterocycles. The van der Waals surface area contributed by atoms with Gasteiger partial charge in [-0.1, -0.05) is 24.3 Å². The Bertz CT molecular complexity index is 1160. The van der Waals surface area contributed by atoms with E-state index in [4.69, 9.17) is 9.47 Å². The van der Waals surface area contributed by atoms with Crippen LogP contribution < -0.4 is 20.1 Å². The molecule has 2 N–H and O–H groups in total. The van der Waals surface area contributed by atoms with Gasteiger partial charge in [-0.25, -0.2) is 0 Å². The van der Waals surface area contributed by atoms with Crippen molar-refractivity contribution < 1.29 is 23.9 Å². The smallest absolute Gasteiger partial charge is 0.308 e. The van der Waals surface area contributed by atoms with Gasteiger partial charge in [0, 0.05) is 24.7 Å². The van der Waals surface area contributed by atoms with Crippen molar-refractivity contribution in [1.82, 2.24) is 5.32 Å². The number of rotatable bonds is 8. The van der Waals surface area contributed by atoms with Crippen LogP contribution in [0, 0.1) is 13.8 Å². The molecule has 33 heavy (non-hydrogen) atoms. The molecule has 3 aromatic carbocycles. The highest BCUT2D eigenvalue weighted by Gasteiger charge is 2.09. The molecule has 0 saturated carbocycles. The number of anilines is 1. The molecular weight excluding hydrogens is 420 g/mol. The maximum Gasteiger partial charge on any atom is 0.308 e. The molecule has 3 aromatic rings. The second-order valence-corrected chi connectivity index (χ2v) is 7.58. The first-order valence-corrected chi connectivity index (χ1v) is 10.5. The molecule has 0 aromatic heterocycles. The lowest BCUT2D eigenvalue weighted by atomic mass is 10.1. The maximum absolute atomic E-state index is 12.5. The van der Waals surface area contributed by atoms with E-state index in [1.165, 1.54) is 18.6 Å². The van der Waals surface area contributed by atoms with Gasteiger partial charge in [-0.05, 0) is 73.0 Å². The summed E-state index contributed by atoms with van der Waals surface area (Å²) in [5.41, 5.74) is 4.13. The van der Waals surface area contributed by atoms with Crippen LogP contribution in [0.15, 0.2) is 66.7 Å². The van der Waals surface area contributed by atoms with Gasteiger partial charge >= 0.3 is 5.97 Å². The Balaban J connectivity index is 1.47. The fraction of sp³-hybridized carbons (Fsp3) is 0.192. The number of hydrogen-bond donors (Lipinski definition) is 2. The number of aryl methyl sites for hydroxylation is 2. The number of esters is 1. The van der Waals surface area contributed by atoms with Crippen molar-refractivity contribution in [2.75, 3.05) is 11.9 Å². The van der Waals surface area contributed by atoms with Crippen molar-refractivity contribution in [1.29, 1.82) is 0 Å². The minimum absolute atomic E-state index is 0.0664. The van der Waals surface area contributed by atoms with Crippen LogP contribution in [0.2, 0.25) is 0 Å². The second kappa shape index (κ2) is 10.9. The molecule has 0 aliphatic rings. The zero-order valence-corrected chi connectivity index (χ0v) is 18.8. The molecule has 2 amide bonds. The van der Waals surface area contributed by atoms with E-state index in [9.17, 15) is 14.4 Å². The number of hydrogen-bond acceptors (Lipinski definition) is 5. The van der Waals surface area contributed by atoms with E-state index in [1.54, 1.807) is 30.3 Å². The molecule has 0 atom stereocenters. The zero-order chi connectivity index (χ0) is 23.8. The third-order valence-electron chi connectivity index (χ3n) is 4.91. The molecule has 0 spiro atoms. The molecule has 0 unspecified atom stereocenters. The average molecular weight is 447 g/mol. The van der Waals surface area contributed by atoms with Crippen LogP contribution in [0.1, 0.15) is 34.0 Å². The normalized spacial score (nSPS) is 10.3. The summed E-state index contributed by atoms with van der Waals surface area (Å²) in [7, 11) is 0. The quantitative estimate of drug-likeness (QED) is 0.400. The first-order valence-electron chi connectivity index (χ1n) is 10.5. The monoisotopic (exact) mass is 446 g/mol. The molecule has 0 aliphatic carbocycles. The lowest BCUT2D eigenvalue weighted by Crippen LogP contribution is -2.28. The van der Waals surface area contributed by atoms with E-state index in [1.807, 2.05) is 44.2 Å². The number of carbonyl (C=O) groups is 3. The van der Waals surface area contributed by atoms with Crippen LogP contribution in [-0.2, 0) is 16.1 Å². The van der Waals surface area contributed by atoms with Crippen LogP contribution in [0.3, 0.4) is 0 Å². The lowest BCUT2D eigenvalue weighted by Gasteiger charge is -2.10. The van der Waals surface area contributed by atoms with Crippen LogP contribution in [0.25, 0.3) is 0 Å². The first-order chi connectivity index (χ1) is 15.8. The minimum atomic E-state index is -0.452. The number of benzene rings is 3. The van der Waals surface area contributed by atoms with Crippen molar-refractivity contribution >= 4 is 23.5 Å². The van der Waals surface area contributed by atoms with E-state index in [0.717, 1.165) is 11.1 Å². The molecule has 0 heterocycles. The predicted octanol–water partition coefficient (Wildman–Crippen LogP) is 4.18. The largest absolute Gasteiger partial charge is 0.484 e. The van der Waals surface area contributed by atoms with Gasteiger partial charge < -0.3 is 20.1 Å². The van der Waals surface area contributed by atoms with Gasteiger partial charge in [0.15, 0.2) is 6.61 Å². The van der Waals surface area contributed by atoms with Crippen LogP contribution in [0.5, 0.6) is 11.5 Å². The molecule has 3 rings (SSSR count). The van der Waals surface area contributed by atoms with E-state index < -0.39 is 5.97 Å². The molecular formula is C26H26N2O5. The van der Waals surface area contributed by atoms with E-state index in [-0.39, 0.29) is 18.4 Å². The van der Waals surface area contributed by atoms with E-state index in [2.05, 4.69) is 10.6 Å². The summed E-state index contributed by atoms with van der Waals surface area (Å²) in [6, 6.07) is 19.2. The summed E-state index contributed by atoms with van der Waals surface area (Å²) in [6.07, 6.45) is 0. The summed E-state index contributed by atoms with van der Waals surface area (Å²) >= 11 is 0. The molecule has 0 aliphatic heterocycles. The van der Waals surface area contributed by atoms with E-state index >= 15 is 0 Å². The fourth-order valence-corrected chi connectivity index (χ4v) is 2.98. The van der Waals surface area contributed by atoms with Gasteiger partial charge in [-0.3, -0.25) is 14.4 Å². The SMILES string of the molecule is CC(=O)Oc1cccc(C(=O)Nc2ccc(CNC(=O)COc3ccc(C)c(C)c3)cc2)c1. The molecule has 7 heteroatoms. The van der Waals surface area contributed by atoms with Gasteiger partial charge in [-0.2, -0.15) is 0 Å². The Morgan fingerprint density at radius 2 is 1.61 bits per heavy atom. The predicted molar refractivity (Wildman–Crippen MR) is 125 cm³/mol. The van der Waals surface area contributed by atoms with Crippen molar-refractivity contribution in [3.8, 4) is 11.5 Å². The van der Waals surface area contributed by atoms with Gasteiger partial charge in [-0.15, -0.1) is 0 Å². The van der Waals surface area contributed by atoms with Crippen LogP contribution in [-0.4, -0.2) is 24.4 Å². The van der Waals surface area contributed by atoms with Gasteiger partial charge in [0.25, 0.3) is 11.8 Å². The fourth-order valence-electron chi connectivity index (χ4n) is 2.98. The third kappa shape index (κ3) is 7.21. The average Bonchev–Trinajstić information content (AvgIpc) is 2.79. The number of ether oxygens (including phenoxy) is 2. The second-order valence-electron chi connectivity index (χ2n) is 7.58. The number of nitrogens with one attached hydrogen (secondary N) is 2. The molecule has 0 fully saturated rings. The molecule has 0 radical (unpaired) electrons. The highest BCUT2D eigenvalue weighted by molar-refractivity contribution is 6.04. The summed E-state index contributed by atoms with van der Waals surface area (Å²) in [5.74, 6) is -0.0340. The Morgan fingerprint density at radius 1 is 0.848 bits per heavy atom. The standard InChI is InChI=1S/C26H26N2O5/c1-17-7-12-23(13-18(17)2)32-16-25(30)27-15-20-8-10-22(11-9-20)28-26(31)21-5-4-6-24(14-21)33-19(3)29/h4-14H,15-16H2,1-3H3,(H,27,30)(H,28,31). The minimum Gasteiger partial charge on any atom is -0.484 e. The Morgan fingerprint density at radius 3 is 2.30 bits per heavy atom. The maximum atomic E-state index is 12.5. The molecule has 0 bridgehead atoms. The summed E-state index contributed by atoms with van der Waals surface area (Å²) in [4.78, 5) is 35.6. The Kier molecular flexibility index (Phi) is 7.81. The lowest BCUT2D eigenvalue weighted by molar-refractivity contribution is -0.131. The van der Waals surface area contributed by atoms with Crippen LogP contribution in [0.4, 0.5) is 5.69 Å². The number of carbonyl (C=O) groups excluding carboxylic acids is 3. The van der Waals surface area contributed by atoms with Crippen molar-refractivity contribution in [2.24, 2.45) is 0 Å². The van der Waals surface area contributed by atoms with Gasteiger partial charge in [0.2, 0.25) is 0 Å². The Labute approximate surface area is 192 Å². The number of amides is 2. The topological polar surface area (TPSA) is 93.7 Å². The third-order valence-corrected chi connectivity index (χ3v) is 4.91. The summed E-state index contributed by atoms with van der Waals surface area (Å²) in [6.45, 7) is 5.59. The van der Waals surface area contributed by atoms with Crippen molar-refractivity contribution in [3.05, 3.63) is 89.0 Å². The first kappa shape index (κ1) is 23.5.